The van der Waals surface area contributed by atoms with E-state index in [1.807, 2.05) is 53.4 Å². The number of aliphatic hydroxyl groups excluding tert-OH is 2. The molecule has 6 aromatic carbocycles. The fourth-order valence-corrected chi connectivity index (χ4v) is 8.72. The molecule has 5 N–H and O–H groups in total. The maximum atomic E-state index is 14.0. The van der Waals surface area contributed by atoms with E-state index in [1.165, 1.54) is 48.5 Å². The van der Waals surface area contributed by atoms with E-state index >= 15 is 0 Å². The first kappa shape index (κ1) is 51.9. The molecule has 9 rings (SSSR count). The van der Waals surface area contributed by atoms with Gasteiger partial charge in [-0.25, -0.2) is 13.7 Å². The number of benzene rings is 6. The summed E-state index contributed by atoms with van der Waals surface area (Å²) in [6.07, 6.45) is -6.07. The van der Waals surface area contributed by atoms with Gasteiger partial charge < -0.3 is 40.5 Å². The summed E-state index contributed by atoms with van der Waals surface area (Å²) in [4.78, 5) is 48.0. The molecule has 3 aliphatic heterocycles. The average Bonchev–Trinajstić information content (AvgIpc) is 3.64. The van der Waals surface area contributed by atoms with E-state index in [0.29, 0.717) is 60.6 Å². The van der Waals surface area contributed by atoms with Crippen molar-refractivity contribution in [2.45, 2.75) is 18.4 Å². The zero-order valence-corrected chi connectivity index (χ0v) is 39.6. The first-order valence-electron chi connectivity index (χ1n) is 23.7. The molecule has 0 spiro atoms. The van der Waals surface area contributed by atoms with Crippen LogP contribution in [0.1, 0.15) is 36.6 Å². The van der Waals surface area contributed by atoms with E-state index < -0.39 is 47.5 Å². The van der Waals surface area contributed by atoms with E-state index in [2.05, 4.69) is 20.0 Å². The highest BCUT2D eigenvalue weighted by atomic mass is 19.4. The Morgan fingerprint density at radius 3 is 1.62 bits per heavy atom. The summed E-state index contributed by atoms with van der Waals surface area (Å²) in [6, 6.07) is 35.3. The van der Waals surface area contributed by atoms with Gasteiger partial charge in [0.25, 0.3) is 17.7 Å². The Kier molecular flexibility index (Phi) is 16.7. The normalized spacial score (nSPS) is 16.1. The number of rotatable bonds is 15. The minimum absolute atomic E-state index is 0.0347. The molecule has 14 nitrogen and oxygen atoms in total. The van der Waals surface area contributed by atoms with Gasteiger partial charge in [0.05, 0.1) is 46.0 Å². The highest BCUT2D eigenvalue weighted by molar-refractivity contribution is 6.34. The van der Waals surface area contributed by atoms with Gasteiger partial charge in [0, 0.05) is 96.2 Å². The largest absolute Gasteiger partial charge is 0.455 e. The van der Waals surface area contributed by atoms with Crippen LogP contribution < -0.4 is 35.2 Å². The zero-order valence-electron chi connectivity index (χ0n) is 39.6. The number of carbonyl (C=O) groups is 3. The third-order valence-corrected chi connectivity index (χ3v) is 12.5. The molecule has 2 fully saturated rings. The van der Waals surface area contributed by atoms with Crippen molar-refractivity contribution in [3.63, 3.8) is 0 Å². The van der Waals surface area contributed by atoms with Crippen molar-refractivity contribution in [3.05, 3.63) is 173 Å². The first-order valence-corrected chi connectivity index (χ1v) is 23.7. The number of nitrogens with two attached hydrogens (primary N) is 1. The first-order chi connectivity index (χ1) is 35.1. The summed E-state index contributed by atoms with van der Waals surface area (Å²) >= 11 is 0. The minimum Gasteiger partial charge on any atom is -0.455 e. The molecule has 0 aliphatic carbocycles. The topological polar surface area (TPSA) is 164 Å². The molecule has 0 aromatic heterocycles. The third-order valence-electron chi connectivity index (χ3n) is 12.5. The van der Waals surface area contributed by atoms with E-state index in [0.717, 1.165) is 55.8 Å². The highest BCUT2D eigenvalue weighted by Gasteiger charge is 2.39. The zero-order chi connectivity index (χ0) is 51.6. The number of hydrogen-bond donors (Lipinski definition) is 4. The number of para-hydroxylation sites is 2. The van der Waals surface area contributed by atoms with Crippen LogP contribution in [0.25, 0.3) is 0 Å². The van der Waals surface area contributed by atoms with Crippen molar-refractivity contribution in [3.8, 4) is 23.0 Å². The number of halogens is 5. The van der Waals surface area contributed by atoms with Crippen LogP contribution in [0, 0.1) is 11.6 Å². The fraction of sp³-hybridized carbons (Fsp3) is 0.278. The SMILES string of the molecule is NCC(O)CN1CCN(c2ccc(F)cc2Oc2ccccc2)CC1.O=C(NCC(O)CN1CCN(c2ccc(F)cc2Oc2ccccc2)CC1)c1ccc2c(c1)C(=O)N(c1cccc(C(F)(F)F)c1)C2=O. The Morgan fingerprint density at radius 2 is 1.11 bits per heavy atom. The highest BCUT2D eigenvalue weighted by Crippen LogP contribution is 2.37. The number of imide groups is 1. The number of hydrogen-bond acceptors (Lipinski definition) is 12. The molecule has 2 saturated heterocycles. The van der Waals surface area contributed by atoms with Crippen LogP contribution >= 0.6 is 0 Å². The number of piperazine rings is 2. The second-order valence-corrected chi connectivity index (χ2v) is 17.6. The Hall–Kier alpha value is -7.42. The van der Waals surface area contributed by atoms with Gasteiger partial charge in [0.1, 0.15) is 23.1 Å². The van der Waals surface area contributed by atoms with Gasteiger partial charge in [-0.2, -0.15) is 13.2 Å². The number of carbonyl (C=O) groups excluding carboxylic acids is 3. The van der Waals surface area contributed by atoms with Gasteiger partial charge in [-0.3, -0.25) is 24.2 Å². The van der Waals surface area contributed by atoms with Gasteiger partial charge in [-0.05, 0) is 84.9 Å². The van der Waals surface area contributed by atoms with Crippen LogP contribution in [0.15, 0.2) is 140 Å². The molecule has 73 heavy (non-hydrogen) atoms. The molecule has 0 bridgehead atoms. The van der Waals surface area contributed by atoms with Crippen LogP contribution in [0.3, 0.4) is 0 Å². The molecule has 382 valence electrons. The Morgan fingerprint density at radius 1 is 0.603 bits per heavy atom. The van der Waals surface area contributed by atoms with Crippen molar-refractivity contribution < 1.29 is 56.0 Å². The number of nitrogens with zero attached hydrogens (tertiary/aromatic N) is 5. The molecule has 3 aliphatic rings. The fourth-order valence-electron chi connectivity index (χ4n) is 8.72. The van der Waals surface area contributed by atoms with Crippen molar-refractivity contribution in [2.75, 3.05) is 93.2 Å². The Bertz CT molecular complexity index is 2870. The second kappa shape index (κ2) is 23.4. The molecule has 0 saturated carbocycles. The summed E-state index contributed by atoms with van der Waals surface area (Å²) in [5.41, 5.74) is 5.77. The van der Waals surface area contributed by atoms with Crippen molar-refractivity contribution >= 4 is 34.8 Å². The monoisotopic (exact) mass is 1010 g/mol. The molecule has 3 heterocycles. The summed E-state index contributed by atoms with van der Waals surface area (Å²) in [6.45, 7) is 6.62. The van der Waals surface area contributed by atoms with Crippen LogP contribution in [0.4, 0.5) is 39.0 Å². The molecular formula is C54H54F5N7O7. The van der Waals surface area contributed by atoms with Crippen LogP contribution in [0.2, 0.25) is 0 Å². The summed E-state index contributed by atoms with van der Waals surface area (Å²) in [7, 11) is 0. The van der Waals surface area contributed by atoms with E-state index in [4.69, 9.17) is 15.2 Å². The number of alkyl halides is 3. The summed E-state index contributed by atoms with van der Waals surface area (Å²) in [5.74, 6) is -0.783. The molecular weight excluding hydrogens is 954 g/mol. The standard InChI is InChI=1S/C35H30F4N4O5.C19H24FN3O2/c36-24-10-12-30(31(19-24)48-27-7-2-1-3-8-27)42-15-13-41(14-16-42)21-26(44)20-40-32(45)22-9-11-28-29(17-22)34(47)43(33(28)46)25-6-4-5-23(18-25)35(37,38)39;20-15-6-7-18(19(12-15)25-17-4-2-1-3-5-17)23-10-8-22(9-11-23)14-16(24)13-21/h1-12,17-19,26,44H,13-16,20-21H2,(H,40,45);1-7,12,16,24H,8-11,13-14,21H2. The number of nitrogens with one attached hydrogen (secondary N) is 1. The molecule has 2 atom stereocenters. The predicted octanol–water partition coefficient (Wildman–Crippen LogP) is 7.41. The van der Waals surface area contributed by atoms with Crippen LogP contribution in [-0.2, 0) is 6.18 Å². The number of β-amino-alcohol motifs (C(OH)–C–C–N with tert-alkyl or cyclic N) is 2. The van der Waals surface area contributed by atoms with Gasteiger partial charge in [0.15, 0.2) is 11.5 Å². The van der Waals surface area contributed by atoms with Gasteiger partial charge in [0.2, 0.25) is 0 Å². The maximum absolute atomic E-state index is 14.0. The number of anilines is 3. The third kappa shape index (κ3) is 13.2. The lowest BCUT2D eigenvalue weighted by molar-refractivity contribution is -0.137. The van der Waals surface area contributed by atoms with Crippen LogP contribution in [0.5, 0.6) is 23.0 Å². The number of fused-ring (bicyclic) bond motifs is 1. The number of amides is 3. The maximum Gasteiger partial charge on any atom is 0.416 e. The summed E-state index contributed by atoms with van der Waals surface area (Å²) < 4.78 is 79.2. The second-order valence-electron chi connectivity index (χ2n) is 17.6. The lowest BCUT2D eigenvalue weighted by Gasteiger charge is -2.37. The lowest BCUT2D eigenvalue weighted by atomic mass is 10.1. The van der Waals surface area contributed by atoms with Crippen LogP contribution in [-0.4, -0.2) is 128 Å². The quantitative estimate of drug-likeness (QED) is 0.0596. The average molecular weight is 1010 g/mol. The summed E-state index contributed by atoms with van der Waals surface area (Å²) in [5, 5.41) is 23.0. The van der Waals surface area contributed by atoms with Crippen molar-refractivity contribution in [1.82, 2.24) is 15.1 Å². The smallest absolute Gasteiger partial charge is 0.416 e. The van der Waals surface area contributed by atoms with Crippen molar-refractivity contribution in [1.29, 1.82) is 0 Å². The minimum atomic E-state index is -4.66. The molecule has 0 radical (unpaired) electrons. The molecule has 3 amide bonds. The molecule has 2 unspecified atom stereocenters. The Balaban J connectivity index is 0.000000238. The lowest BCUT2D eigenvalue weighted by Crippen LogP contribution is -2.50. The van der Waals surface area contributed by atoms with Gasteiger partial charge in [-0.15, -0.1) is 0 Å². The Labute approximate surface area is 418 Å². The van der Waals surface area contributed by atoms with Gasteiger partial charge in [-0.1, -0.05) is 42.5 Å². The molecule has 19 heteroatoms. The number of aliphatic hydroxyl groups is 2. The van der Waals surface area contributed by atoms with Gasteiger partial charge >= 0.3 is 6.18 Å². The van der Waals surface area contributed by atoms with Crippen molar-refractivity contribution in [2.24, 2.45) is 5.73 Å². The molecule has 6 aromatic rings. The predicted molar refractivity (Wildman–Crippen MR) is 266 cm³/mol. The number of ether oxygens (including phenoxy) is 2. The van der Waals surface area contributed by atoms with E-state index in [-0.39, 0.29) is 47.8 Å². The van der Waals surface area contributed by atoms with E-state index in [1.54, 1.807) is 24.3 Å². The van der Waals surface area contributed by atoms with E-state index in [9.17, 15) is 46.5 Å².